The Labute approximate surface area is 107 Å². The Bertz CT molecular complexity index is 369. The Kier molecular flexibility index (Phi) is 5.62. The maximum atomic E-state index is 10.6. The van der Waals surface area contributed by atoms with Crippen LogP contribution in [-0.2, 0) is 17.6 Å². The van der Waals surface area contributed by atoms with Crippen LogP contribution < -0.4 is 0 Å². The summed E-state index contributed by atoms with van der Waals surface area (Å²) in [6, 6.07) is 0. The normalized spacial score (nSPS) is 11.1. The molecule has 4 heteroatoms. The van der Waals surface area contributed by atoms with Crippen LogP contribution in [0.25, 0.3) is 0 Å². The topological polar surface area (TPSA) is 50.2 Å². The van der Waals surface area contributed by atoms with Crippen LogP contribution in [0.4, 0.5) is 0 Å². The highest BCUT2D eigenvalue weighted by Gasteiger charge is 2.16. The van der Waals surface area contributed by atoms with Gasteiger partial charge in [0.25, 0.3) is 0 Å². The lowest BCUT2D eigenvalue weighted by molar-refractivity contribution is -0.136. The highest BCUT2D eigenvalue weighted by atomic mass is 32.1. The number of nitrogens with zero attached hydrogens (tertiary/aromatic N) is 1. The van der Waals surface area contributed by atoms with Gasteiger partial charge in [0.2, 0.25) is 0 Å². The van der Waals surface area contributed by atoms with E-state index in [0.717, 1.165) is 29.8 Å². The fraction of sp³-hybridized carbons (Fsp3) is 0.692. The molecule has 0 atom stereocenters. The first-order chi connectivity index (χ1) is 8.12. The minimum Gasteiger partial charge on any atom is -0.481 e. The van der Waals surface area contributed by atoms with Crippen molar-refractivity contribution in [3.05, 3.63) is 15.6 Å². The summed E-state index contributed by atoms with van der Waals surface area (Å²) in [5, 5.41) is 9.92. The van der Waals surface area contributed by atoms with Crippen LogP contribution in [0.3, 0.4) is 0 Å². The molecule has 0 radical (unpaired) electrons. The first kappa shape index (κ1) is 14.2. The van der Waals surface area contributed by atoms with Gasteiger partial charge in [0.05, 0.1) is 17.1 Å². The van der Waals surface area contributed by atoms with Gasteiger partial charge in [-0.3, -0.25) is 4.79 Å². The molecule has 0 amide bonds. The summed E-state index contributed by atoms with van der Waals surface area (Å²) in [5.74, 6) is -0.201. The van der Waals surface area contributed by atoms with Crippen molar-refractivity contribution in [1.82, 2.24) is 4.98 Å². The fourth-order valence-corrected chi connectivity index (χ4v) is 3.33. The van der Waals surface area contributed by atoms with Crippen molar-refractivity contribution in [2.45, 2.75) is 58.8 Å². The second-order valence-corrected chi connectivity index (χ2v) is 5.30. The van der Waals surface area contributed by atoms with E-state index in [0.29, 0.717) is 12.3 Å². The Morgan fingerprint density at radius 1 is 1.35 bits per heavy atom. The molecule has 17 heavy (non-hydrogen) atoms. The van der Waals surface area contributed by atoms with Crippen molar-refractivity contribution in [2.24, 2.45) is 0 Å². The van der Waals surface area contributed by atoms with Crippen LogP contribution in [0.1, 0.15) is 61.5 Å². The minimum atomic E-state index is -0.732. The standard InChI is InChI=1S/C13H21NO2S/c1-4-9(5-2)13-14-10(6-3)11(17-13)7-8-12(15)16/h9H,4-8H2,1-3H3,(H,15,16). The van der Waals surface area contributed by atoms with Crippen molar-refractivity contribution in [2.75, 3.05) is 0 Å². The largest absolute Gasteiger partial charge is 0.481 e. The van der Waals surface area contributed by atoms with E-state index in [9.17, 15) is 4.79 Å². The summed E-state index contributed by atoms with van der Waals surface area (Å²) in [6.07, 6.45) is 3.93. The van der Waals surface area contributed by atoms with Gasteiger partial charge in [-0.15, -0.1) is 11.3 Å². The third-order valence-electron chi connectivity index (χ3n) is 3.03. The first-order valence-electron chi connectivity index (χ1n) is 6.32. The summed E-state index contributed by atoms with van der Waals surface area (Å²) in [6.45, 7) is 6.44. The molecule has 0 aliphatic rings. The number of aliphatic carboxylic acids is 1. The number of rotatable bonds is 7. The molecule has 0 saturated heterocycles. The van der Waals surface area contributed by atoms with Gasteiger partial charge in [0.15, 0.2) is 0 Å². The van der Waals surface area contributed by atoms with E-state index in [1.54, 1.807) is 11.3 Å². The van der Waals surface area contributed by atoms with Crippen molar-refractivity contribution in [1.29, 1.82) is 0 Å². The second-order valence-electron chi connectivity index (χ2n) is 4.18. The van der Waals surface area contributed by atoms with E-state index in [2.05, 4.69) is 25.8 Å². The molecule has 0 saturated carbocycles. The molecular weight excluding hydrogens is 234 g/mol. The smallest absolute Gasteiger partial charge is 0.303 e. The quantitative estimate of drug-likeness (QED) is 0.809. The second kappa shape index (κ2) is 6.74. The number of hydrogen-bond acceptors (Lipinski definition) is 3. The number of hydrogen-bond donors (Lipinski definition) is 1. The van der Waals surface area contributed by atoms with Gasteiger partial charge in [-0.05, 0) is 25.7 Å². The van der Waals surface area contributed by atoms with Crippen LogP contribution in [0, 0.1) is 0 Å². The molecule has 0 unspecified atom stereocenters. The van der Waals surface area contributed by atoms with Gasteiger partial charge in [-0.25, -0.2) is 4.98 Å². The first-order valence-corrected chi connectivity index (χ1v) is 7.14. The molecule has 0 aliphatic heterocycles. The summed E-state index contributed by atoms with van der Waals surface area (Å²) >= 11 is 1.71. The zero-order valence-corrected chi connectivity index (χ0v) is 11.6. The Balaban J connectivity index is 2.85. The lowest BCUT2D eigenvalue weighted by Crippen LogP contribution is -1.98. The highest BCUT2D eigenvalue weighted by Crippen LogP contribution is 2.30. The lowest BCUT2D eigenvalue weighted by Gasteiger charge is -2.06. The van der Waals surface area contributed by atoms with Crippen molar-refractivity contribution in [3.63, 3.8) is 0 Å². The van der Waals surface area contributed by atoms with Crippen molar-refractivity contribution in [3.8, 4) is 0 Å². The van der Waals surface area contributed by atoms with Crippen LogP contribution in [0.5, 0.6) is 0 Å². The third-order valence-corrected chi connectivity index (χ3v) is 4.35. The molecule has 1 aromatic rings. The zero-order chi connectivity index (χ0) is 12.8. The van der Waals surface area contributed by atoms with Gasteiger partial charge < -0.3 is 5.11 Å². The highest BCUT2D eigenvalue weighted by molar-refractivity contribution is 7.11. The number of carboxylic acid groups (broad SMARTS) is 1. The van der Waals surface area contributed by atoms with E-state index in [4.69, 9.17) is 5.11 Å². The summed E-state index contributed by atoms with van der Waals surface area (Å²) < 4.78 is 0. The molecule has 0 bridgehead atoms. The predicted molar refractivity (Wildman–Crippen MR) is 70.8 cm³/mol. The van der Waals surface area contributed by atoms with Gasteiger partial charge in [0.1, 0.15) is 0 Å². The Hall–Kier alpha value is -0.900. The molecule has 1 aromatic heterocycles. The van der Waals surface area contributed by atoms with Crippen LogP contribution in [0.2, 0.25) is 0 Å². The molecular formula is C13H21NO2S. The van der Waals surface area contributed by atoms with Gasteiger partial charge in [-0.1, -0.05) is 20.8 Å². The third kappa shape index (κ3) is 3.80. The van der Waals surface area contributed by atoms with E-state index in [1.165, 1.54) is 5.01 Å². The summed E-state index contributed by atoms with van der Waals surface area (Å²) in [4.78, 5) is 16.4. The monoisotopic (exact) mass is 255 g/mol. The number of aromatic nitrogens is 1. The molecule has 1 heterocycles. The average Bonchev–Trinajstić information content (AvgIpc) is 2.71. The molecule has 3 nitrogen and oxygen atoms in total. The Morgan fingerprint density at radius 3 is 2.47 bits per heavy atom. The van der Waals surface area contributed by atoms with Crippen LogP contribution in [0.15, 0.2) is 0 Å². The Morgan fingerprint density at radius 2 is 2.00 bits per heavy atom. The number of thiazole rings is 1. The predicted octanol–water partition coefficient (Wildman–Crippen LogP) is 3.63. The zero-order valence-electron chi connectivity index (χ0n) is 10.8. The summed E-state index contributed by atoms with van der Waals surface area (Å²) in [7, 11) is 0. The van der Waals surface area contributed by atoms with E-state index >= 15 is 0 Å². The summed E-state index contributed by atoms with van der Waals surface area (Å²) in [5.41, 5.74) is 1.10. The minimum absolute atomic E-state index is 0.206. The van der Waals surface area contributed by atoms with Crippen molar-refractivity contribution < 1.29 is 9.90 Å². The molecule has 0 aliphatic carbocycles. The van der Waals surface area contributed by atoms with Gasteiger partial charge in [0, 0.05) is 10.8 Å². The molecule has 96 valence electrons. The fourth-order valence-electron chi connectivity index (χ4n) is 1.91. The maximum Gasteiger partial charge on any atom is 0.303 e. The van der Waals surface area contributed by atoms with Crippen LogP contribution in [-0.4, -0.2) is 16.1 Å². The number of carboxylic acids is 1. The molecule has 0 fully saturated rings. The van der Waals surface area contributed by atoms with E-state index in [1.807, 2.05) is 0 Å². The number of aryl methyl sites for hydroxylation is 2. The van der Waals surface area contributed by atoms with Gasteiger partial charge >= 0.3 is 5.97 Å². The molecule has 0 aromatic carbocycles. The van der Waals surface area contributed by atoms with Crippen LogP contribution >= 0.6 is 11.3 Å². The number of carbonyl (C=O) groups is 1. The van der Waals surface area contributed by atoms with Crippen molar-refractivity contribution >= 4 is 17.3 Å². The average molecular weight is 255 g/mol. The maximum absolute atomic E-state index is 10.6. The van der Waals surface area contributed by atoms with E-state index < -0.39 is 5.97 Å². The molecule has 0 spiro atoms. The molecule has 1 rings (SSSR count). The lowest BCUT2D eigenvalue weighted by atomic mass is 10.1. The van der Waals surface area contributed by atoms with Gasteiger partial charge in [-0.2, -0.15) is 0 Å². The van der Waals surface area contributed by atoms with E-state index in [-0.39, 0.29) is 6.42 Å². The molecule has 1 N–H and O–H groups in total. The SMILES string of the molecule is CCc1nc(C(CC)CC)sc1CCC(=O)O.